The minimum atomic E-state index is 0.320. The van der Waals surface area contributed by atoms with Crippen LogP contribution in [-0.4, -0.2) is 5.78 Å². The molecule has 0 aliphatic heterocycles. The van der Waals surface area contributed by atoms with Crippen molar-refractivity contribution in [1.82, 2.24) is 0 Å². The lowest BCUT2D eigenvalue weighted by Crippen LogP contribution is -2.17. The minimum absolute atomic E-state index is 0.320. The zero-order valence-corrected chi connectivity index (χ0v) is 11.4. The van der Waals surface area contributed by atoms with E-state index < -0.39 is 0 Å². The van der Waals surface area contributed by atoms with Gasteiger partial charge in [0.2, 0.25) is 0 Å². The molecule has 2 aliphatic carbocycles. The predicted octanol–water partition coefficient (Wildman–Crippen LogP) is 4.44. The molecule has 0 aromatic carbocycles. The van der Waals surface area contributed by atoms with Crippen molar-refractivity contribution in [3.05, 3.63) is 23.3 Å². The second kappa shape index (κ2) is 4.80. The van der Waals surface area contributed by atoms with Crippen LogP contribution in [0.25, 0.3) is 0 Å². The molecule has 0 N–H and O–H groups in total. The van der Waals surface area contributed by atoms with E-state index in [4.69, 9.17) is 0 Å². The maximum absolute atomic E-state index is 12.1. The van der Waals surface area contributed by atoms with Crippen LogP contribution in [0.1, 0.15) is 59.3 Å². The van der Waals surface area contributed by atoms with E-state index in [0.717, 1.165) is 25.7 Å². The van der Waals surface area contributed by atoms with Gasteiger partial charge in [-0.2, -0.15) is 0 Å². The molecule has 17 heavy (non-hydrogen) atoms. The van der Waals surface area contributed by atoms with Gasteiger partial charge in [-0.05, 0) is 49.7 Å². The normalized spacial score (nSPS) is 27.2. The van der Waals surface area contributed by atoms with Crippen molar-refractivity contribution in [2.75, 3.05) is 0 Å². The summed E-state index contributed by atoms with van der Waals surface area (Å²) in [4.78, 5) is 12.1. The fraction of sp³-hybridized carbons (Fsp3) is 0.688. The van der Waals surface area contributed by atoms with Gasteiger partial charge < -0.3 is 0 Å². The zero-order valence-electron chi connectivity index (χ0n) is 11.4. The fourth-order valence-corrected chi connectivity index (χ4v) is 3.39. The first-order valence-electron chi connectivity index (χ1n) is 6.88. The molecule has 0 amide bonds. The Morgan fingerprint density at radius 3 is 2.53 bits per heavy atom. The van der Waals surface area contributed by atoms with E-state index in [0.29, 0.717) is 17.1 Å². The van der Waals surface area contributed by atoms with Crippen molar-refractivity contribution in [3.8, 4) is 0 Å². The highest BCUT2D eigenvalue weighted by atomic mass is 16.1. The number of rotatable bonds is 2. The number of hydrogen-bond acceptors (Lipinski definition) is 1. The highest BCUT2D eigenvalue weighted by Gasteiger charge is 2.26. The van der Waals surface area contributed by atoms with Gasteiger partial charge >= 0.3 is 0 Å². The standard InChI is InChI=1S/C16H24O/c1-12-8-13(11-16(2,3)10-12)9-15(17)14-6-4-5-7-14/h8-9,14H,4-7,10-11H2,1-3H3. The van der Waals surface area contributed by atoms with Crippen LogP contribution in [0.4, 0.5) is 0 Å². The molecule has 1 saturated carbocycles. The van der Waals surface area contributed by atoms with Crippen molar-refractivity contribution in [2.24, 2.45) is 11.3 Å². The molecule has 1 fully saturated rings. The van der Waals surface area contributed by atoms with Crippen LogP contribution in [-0.2, 0) is 4.79 Å². The Morgan fingerprint density at radius 1 is 1.29 bits per heavy atom. The average Bonchev–Trinajstić information content (AvgIpc) is 2.65. The maximum atomic E-state index is 12.1. The summed E-state index contributed by atoms with van der Waals surface area (Å²) in [5.74, 6) is 0.695. The molecule has 0 heterocycles. The van der Waals surface area contributed by atoms with Crippen LogP contribution < -0.4 is 0 Å². The van der Waals surface area contributed by atoms with Gasteiger partial charge in [0, 0.05) is 5.92 Å². The lowest BCUT2D eigenvalue weighted by Gasteiger charge is -2.30. The Bertz CT molecular complexity index is 365. The molecule has 0 atom stereocenters. The Hall–Kier alpha value is -0.850. The summed E-state index contributed by atoms with van der Waals surface area (Å²) < 4.78 is 0. The van der Waals surface area contributed by atoms with Crippen LogP contribution in [0.5, 0.6) is 0 Å². The Labute approximate surface area is 105 Å². The summed E-state index contributed by atoms with van der Waals surface area (Å²) in [5, 5.41) is 0. The van der Waals surface area contributed by atoms with Gasteiger partial charge in [0.05, 0.1) is 0 Å². The summed E-state index contributed by atoms with van der Waals surface area (Å²) >= 11 is 0. The van der Waals surface area contributed by atoms with E-state index in [-0.39, 0.29) is 0 Å². The first-order chi connectivity index (χ1) is 7.96. The molecule has 2 aliphatic rings. The molecule has 0 bridgehead atoms. The topological polar surface area (TPSA) is 17.1 Å². The monoisotopic (exact) mass is 232 g/mol. The molecular weight excluding hydrogens is 208 g/mol. The largest absolute Gasteiger partial charge is 0.295 e. The van der Waals surface area contributed by atoms with E-state index in [1.807, 2.05) is 6.08 Å². The van der Waals surface area contributed by atoms with Crippen LogP contribution >= 0.6 is 0 Å². The summed E-state index contributed by atoms with van der Waals surface area (Å²) in [6.07, 6.45) is 11.0. The van der Waals surface area contributed by atoms with Gasteiger partial charge in [0.15, 0.2) is 5.78 Å². The second-order valence-electron chi connectivity index (χ2n) is 6.61. The lowest BCUT2D eigenvalue weighted by molar-refractivity contribution is -0.118. The van der Waals surface area contributed by atoms with E-state index in [2.05, 4.69) is 26.8 Å². The van der Waals surface area contributed by atoms with E-state index in [9.17, 15) is 4.79 Å². The van der Waals surface area contributed by atoms with Gasteiger partial charge in [-0.25, -0.2) is 0 Å². The lowest BCUT2D eigenvalue weighted by atomic mass is 9.75. The van der Waals surface area contributed by atoms with E-state index in [1.54, 1.807) is 0 Å². The third kappa shape index (κ3) is 3.31. The molecule has 0 unspecified atom stereocenters. The number of carbonyl (C=O) groups excluding carboxylic acids is 1. The van der Waals surface area contributed by atoms with Crippen molar-refractivity contribution in [2.45, 2.75) is 59.3 Å². The van der Waals surface area contributed by atoms with Crippen molar-refractivity contribution in [3.63, 3.8) is 0 Å². The summed E-state index contributed by atoms with van der Waals surface area (Å²) in [6, 6.07) is 0. The molecule has 0 aromatic heterocycles. The fourth-order valence-electron chi connectivity index (χ4n) is 3.39. The Morgan fingerprint density at radius 2 is 1.94 bits per heavy atom. The highest BCUT2D eigenvalue weighted by molar-refractivity contribution is 5.93. The van der Waals surface area contributed by atoms with Gasteiger partial charge in [0.25, 0.3) is 0 Å². The summed E-state index contributed by atoms with van der Waals surface area (Å²) in [5.41, 5.74) is 2.98. The third-order valence-electron chi connectivity index (χ3n) is 3.96. The molecule has 94 valence electrons. The number of carbonyl (C=O) groups is 1. The summed E-state index contributed by atoms with van der Waals surface area (Å²) in [6.45, 7) is 6.75. The van der Waals surface area contributed by atoms with Crippen LogP contribution in [0.3, 0.4) is 0 Å². The predicted molar refractivity (Wildman–Crippen MR) is 71.8 cm³/mol. The smallest absolute Gasteiger partial charge is 0.159 e. The van der Waals surface area contributed by atoms with Crippen molar-refractivity contribution < 1.29 is 4.79 Å². The molecule has 0 saturated heterocycles. The molecule has 0 radical (unpaired) electrons. The van der Waals surface area contributed by atoms with E-state index in [1.165, 1.54) is 24.0 Å². The second-order valence-corrected chi connectivity index (χ2v) is 6.61. The Kier molecular flexibility index (Phi) is 3.56. The van der Waals surface area contributed by atoms with E-state index >= 15 is 0 Å². The van der Waals surface area contributed by atoms with Gasteiger partial charge in [-0.1, -0.05) is 38.3 Å². The van der Waals surface area contributed by atoms with Crippen LogP contribution in [0, 0.1) is 11.3 Å². The molecule has 2 rings (SSSR count). The first kappa shape index (κ1) is 12.6. The van der Waals surface area contributed by atoms with Crippen molar-refractivity contribution in [1.29, 1.82) is 0 Å². The van der Waals surface area contributed by atoms with Gasteiger partial charge in [-0.15, -0.1) is 0 Å². The van der Waals surface area contributed by atoms with Gasteiger partial charge in [-0.3, -0.25) is 4.79 Å². The highest BCUT2D eigenvalue weighted by Crippen LogP contribution is 2.38. The molecule has 0 aromatic rings. The van der Waals surface area contributed by atoms with Crippen molar-refractivity contribution >= 4 is 5.78 Å². The zero-order chi connectivity index (χ0) is 12.5. The number of allylic oxidation sites excluding steroid dienone is 4. The molecule has 1 nitrogen and oxygen atoms in total. The molecule has 0 spiro atoms. The maximum Gasteiger partial charge on any atom is 0.159 e. The number of hydrogen-bond donors (Lipinski definition) is 0. The SMILES string of the molecule is CC1=CC(=CC(=O)C2CCCC2)CC(C)(C)C1. The average molecular weight is 232 g/mol. The quantitative estimate of drug-likeness (QED) is 0.643. The Balaban J connectivity index is 2.10. The number of ketones is 1. The molecule has 1 heteroatoms. The summed E-state index contributed by atoms with van der Waals surface area (Å²) in [7, 11) is 0. The van der Waals surface area contributed by atoms with Crippen LogP contribution in [0.15, 0.2) is 23.3 Å². The van der Waals surface area contributed by atoms with Crippen LogP contribution in [0.2, 0.25) is 0 Å². The third-order valence-corrected chi connectivity index (χ3v) is 3.96. The first-order valence-corrected chi connectivity index (χ1v) is 6.88. The minimum Gasteiger partial charge on any atom is -0.295 e. The van der Waals surface area contributed by atoms with Gasteiger partial charge in [0.1, 0.15) is 0 Å². The molecular formula is C16H24O.